The van der Waals surface area contributed by atoms with Crippen molar-refractivity contribution in [1.82, 2.24) is 10.3 Å². The first kappa shape index (κ1) is 17.4. The van der Waals surface area contributed by atoms with Gasteiger partial charge in [0.2, 0.25) is 0 Å². The SMILES string of the molecule is COc1ccc(CNC(=O)[C@H](C)OC(=O)c2ccc[nH]2)cc1OC. The van der Waals surface area contributed by atoms with Gasteiger partial charge in [-0.25, -0.2) is 4.79 Å². The molecule has 7 nitrogen and oxygen atoms in total. The van der Waals surface area contributed by atoms with Crippen LogP contribution in [-0.2, 0) is 16.1 Å². The first-order valence-corrected chi connectivity index (χ1v) is 7.38. The van der Waals surface area contributed by atoms with E-state index in [1.165, 1.54) is 6.92 Å². The highest BCUT2D eigenvalue weighted by molar-refractivity contribution is 5.90. The minimum Gasteiger partial charge on any atom is -0.493 e. The van der Waals surface area contributed by atoms with E-state index >= 15 is 0 Å². The average Bonchev–Trinajstić information content (AvgIpc) is 3.13. The molecule has 0 saturated carbocycles. The number of hydrogen-bond donors (Lipinski definition) is 2. The maximum Gasteiger partial charge on any atom is 0.355 e. The zero-order valence-electron chi connectivity index (χ0n) is 13.8. The Morgan fingerprint density at radius 2 is 1.92 bits per heavy atom. The molecule has 0 unspecified atom stereocenters. The van der Waals surface area contributed by atoms with Gasteiger partial charge in [0, 0.05) is 12.7 Å². The standard InChI is InChI=1S/C17H20N2O5/c1-11(24-17(21)13-5-4-8-18-13)16(20)19-10-12-6-7-14(22-2)15(9-12)23-3/h4-9,11,18H,10H2,1-3H3,(H,19,20)/t11-/m0/s1. The molecule has 0 saturated heterocycles. The Balaban J connectivity index is 1.89. The number of hydrogen-bond acceptors (Lipinski definition) is 5. The maximum atomic E-state index is 12.0. The third kappa shape index (κ3) is 4.28. The lowest BCUT2D eigenvalue weighted by molar-refractivity contribution is -0.129. The lowest BCUT2D eigenvalue weighted by atomic mass is 10.2. The number of benzene rings is 1. The van der Waals surface area contributed by atoms with Crippen molar-refractivity contribution in [2.45, 2.75) is 19.6 Å². The lowest BCUT2D eigenvalue weighted by Gasteiger charge is -2.14. The van der Waals surface area contributed by atoms with E-state index in [4.69, 9.17) is 14.2 Å². The lowest BCUT2D eigenvalue weighted by Crippen LogP contribution is -2.35. The number of amides is 1. The van der Waals surface area contributed by atoms with E-state index in [1.54, 1.807) is 44.7 Å². The van der Waals surface area contributed by atoms with Crippen molar-refractivity contribution in [2.75, 3.05) is 14.2 Å². The summed E-state index contributed by atoms with van der Waals surface area (Å²) in [5.74, 6) is 0.231. The van der Waals surface area contributed by atoms with Crippen LogP contribution in [0.25, 0.3) is 0 Å². The Hall–Kier alpha value is -2.96. The van der Waals surface area contributed by atoms with Crippen molar-refractivity contribution >= 4 is 11.9 Å². The van der Waals surface area contributed by atoms with Crippen LogP contribution >= 0.6 is 0 Å². The van der Waals surface area contributed by atoms with Crippen LogP contribution < -0.4 is 14.8 Å². The van der Waals surface area contributed by atoms with Gasteiger partial charge in [-0.15, -0.1) is 0 Å². The van der Waals surface area contributed by atoms with Gasteiger partial charge in [0.05, 0.1) is 14.2 Å². The third-order valence-corrected chi connectivity index (χ3v) is 3.39. The minimum atomic E-state index is -0.902. The summed E-state index contributed by atoms with van der Waals surface area (Å²) in [6.07, 6.45) is 0.708. The smallest absolute Gasteiger partial charge is 0.355 e. The molecular formula is C17H20N2O5. The van der Waals surface area contributed by atoms with Crippen LogP contribution in [0.2, 0.25) is 0 Å². The molecule has 2 N–H and O–H groups in total. The van der Waals surface area contributed by atoms with E-state index in [-0.39, 0.29) is 12.5 Å². The van der Waals surface area contributed by atoms with Gasteiger partial charge in [-0.3, -0.25) is 4.79 Å². The van der Waals surface area contributed by atoms with Gasteiger partial charge in [-0.1, -0.05) is 6.07 Å². The highest BCUT2D eigenvalue weighted by Gasteiger charge is 2.19. The molecule has 7 heteroatoms. The number of carbonyl (C=O) groups excluding carboxylic acids is 2. The van der Waals surface area contributed by atoms with Crippen LogP contribution in [0, 0.1) is 0 Å². The van der Waals surface area contributed by atoms with Crippen molar-refractivity contribution in [3.8, 4) is 11.5 Å². The highest BCUT2D eigenvalue weighted by atomic mass is 16.5. The summed E-state index contributed by atoms with van der Waals surface area (Å²) in [6, 6.07) is 8.61. The fraction of sp³-hybridized carbons (Fsp3) is 0.294. The summed E-state index contributed by atoms with van der Waals surface area (Å²) < 4.78 is 15.5. The van der Waals surface area contributed by atoms with Gasteiger partial charge >= 0.3 is 5.97 Å². The van der Waals surface area contributed by atoms with E-state index < -0.39 is 12.1 Å². The number of rotatable bonds is 7. The highest BCUT2D eigenvalue weighted by Crippen LogP contribution is 2.27. The number of ether oxygens (including phenoxy) is 3. The number of aromatic nitrogens is 1. The monoisotopic (exact) mass is 332 g/mol. The zero-order chi connectivity index (χ0) is 17.5. The number of nitrogens with one attached hydrogen (secondary N) is 2. The van der Waals surface area contributed by atoms with Gasteiger partial charge < -0.3 is 24.5 Å². The van der Waals surface area contributed by atoms with Crippen LogP contribution in [0.3, 0.4) is 0 Å². The molecule has 1 amide bonds. The predicted octanol–water partition coefficient (Wildman–Crippen LogP) is 1.89. The second-order valence-electron chi connectivity index (χ2n) is 5.04. The molecular weight excluding hydrogens is 312 g/mol. The first-order valence-electron chi connectivity index (χ1n) is 7.38. The molecule has 2 rings (SSSR count). The molecule has 0 radical (unpaired) electrons. The van der Waals surface area contributed by atoms with Crippen LogP contribution in [0.1, 0.15) is 23.0 Å². The Morgan fingerprint density at radius 1 is 1.17 bits per heavy atom. The summed E-state index contributed by atoms with van der Waals surface area (Å²) >= 11 is 0. The van der Waals surface area contributed by atoms with Gasteiger partial charge in [0.1, 0.15) is 5.69 Å². The van der Waals surface area contributed by atoms with Crippen molar-refractivity contribution in [3.63, 3.8) is 0 Å². The first-order chi connectivity index (χ1) is 11.5. The Labute approximate surface area is 139 Å². The van der Waals surface area contributed by atoms with Gasteiger partial charge in [-0.05, 0) is 36.8 Å². The average molecular weight is 332 g/mol. The number of carbonyl (C=O) groups is 2. The number of esters is 1. The molecule has 24 heavy (non-hydrogen) atoms. The molecule has 0 aliphatic carbocycles. The molecule has 0 aliphatic heterocycles. The summed E-state index contributed by atoms with van der Waals surface area (Å²) in [4.78, 5) is 26.6. The summed E-state index contributed by atoms with van der Waals surface area (Å²) in [6.45, 7) is 1.80. The number of aromatic amines is 1. The van der Waals surface area contributed by atoms with E-state index in [0.29, 0.717) is 17.2 Å². The number of H-pyrrole nitrogens is 1. The molecule has 128 valence electrons. The second-order valence-corrected chi connectivity index (χ2v) is 5.04. The fourth-order valence-corrected chi connectivity index (χ4v) is 2.06. The fourth-order valence-electron chi connectivity index (χ4n) is 2.06. The molecule has 0 fully saturated rings. The number of methoxy groups -OCH3 is 2. The third-order valence-electron chi connectivity index (χ3n) is 3.39. The minimum absolute atomic E-state index is 0.281. The van der Waals surface area contributed by atoms with Crippen molar-refractivity contribution in [1.29, 1.82) is 0 Å². The van der Waals surface area contributed by atoms with E-state index in [0.717, 1.165) is 5.56 Å². The van der Waals surface area contributed by atoms with E-state index in [1.807, 2.05) is 6.07 Å². The van der Waals surface area contributed by atoms with Crippen LogP contribution in [0.15, 0.2) is 36.5 Å². The van der Waals surface area contributed by atoms with Crippen LogP contribution in [-0.4, -0.2) is 37.2 Å². The van der Waals surface area contributed by atoms with E-state index in [9.17, 15) is 9.59 Å². The molecule has 1 atom stereocenters. The summed E-state index contributed by atoms with van der Waals surface area (Å²) in [5, 5.41) is 2.72. The summed E-state index contributed by atoms with van der Waals surface area (Å²) in [5.41, 5.74) is 1.14. The Morgan fingerprint density at radius 3 is 2.54 bits per heavy atom. The Kier molecular flexibility index (Phi) is 5.83. The van der Waals surface area contributed by atoms with Crippen molar-refractivity contribution in [2.24, 2.45) is 0 Å². The molecule has 0 spiro atoms. The largest absolute Gasteiger partial charge is 0.493 e. The van der Waals surface area contributed by atoms with Crippen molar-refractivity contribution < 1.29 is 23.8 Å². The maximum absolute atomic E-state index is 12.0. The van der Waals surface area contributed by atoms with Crippen molar-refractivity contribution in [3.05, 3.63) is 47.8 Å². The second kappa shape index (κ2) is 8.05. The molecule has 1 aromatic heterocycles. The molecule has 1 heterocycles. The molecule has 0 bridgehead atoms. The van der Waals surface area contributed by atoms with Crippen LogP contribution in [0.4, 0.5) is 0 Å². The quantitative estimate of drug-likeness (QED) is 0.756. The Bertz CT molecular complexity index is 697. The molecule has 0 aliphatic rings. The topological polar surface area (TPSA) is 89.6 Å². The molecule has 1 aromatic carbocycles. The van der Waals surface area contributed by atoms with Gasteiger partial charge in [-0.2, -0.15) is 0 Å². The van der Waals surface area contributed by atoms with Gasteiger partial charge in [0.15, 0.2) is 17.6 Å². The van der Waals surface area contributed by atoms with Gasteiger partial charge in [0.25, 0.3) is 5.91 Å². The predicted molar refractivity (Wildman–Crippen MR) is 87.1 cm³/mol. The van der Waals surface area contributed by atoms with E-state index in [2.05, 4.69) is 10.3 Å². The zero-order valence-corrected chi connectivity index (χ0v) is 13.8. The summed E-state index contributed by atoms with van der Waals surface area (Å²) in [7, 11) is 3.10. The normalized spacial score (nSPS) is 11.5. The van der Waals surface area contributed by atoms with Crippen LogP contribution in [0.5, 0.6) is 11.5 Å². The molecule has 2 aromatic rings.